The molecule has 0 spiro atoms. The van der Waals surface area contributed by atoms with Gasteiger partial charge in [-0.15, -0.1) is 0 Å². The van der Waals surface area contributed by atoms with Gasteiger partial charge in [-0.05, 0) is 56.0 Å². The van der Waals surface area contributed by atoms with Crippen molar-refractivity contribution in [3.63, 3.8) is 0 Å². The second kappa shape index (κ2) is 5.31. The summed E-state index contributed by atoms with van der Waals surface area (Å²) in [5, 5.41) is 0. The molecule has 1 aromatic rings. The number of benzene rings is 1. The number of nitrogens with zero attached hydrogens (tertiary/aromatic N) is 1. The molecule has 0 saturated heterocycles. The zero-order valence-electron chi connectivity index (χ0n) is 10.5. The normalized spacial score (nSPS) is 16.2. The first-order chi connectivity index (χ1) is 8.03. The molecule has 94 valence electrons. The van der Waals surface area contributed by atoms with Gasteiger partial charge in [0, 0.05) is 35.2 Å². The smallest absolute Gasteiger partial charge is 0.0480 e. The number of halogens is 1. The minimum atomic E-state index is 0.159. The standard InChI is InChI=1S/C13H18BrNOS/c1-13(2,6-7-16-3)15-9-10-8-11(14)4-5-12(10)17-15/h4-5,8H,6-7,9H2,1-3H3. The monoisotopic (exact) mass is 315 g/mol. The molecule has 1 aromatic carbocycles. The van der Waals surface area contributed by atoms with Crippen molar-refractivity contribution in [3.8, 4) is 0 Å². The average Bonchev–Trinajstić information content (AvgIpc) is 2.70. The Balaban J connectivity index is 2.08. The Morgan fingerprint density at radius 1 is 1.47 bits per heavy atom. The van der Waals surface area contributed by atoms with Crippen LogP contribution < -0.4 is 0 Å². The van der Waals surface area contributed by atoms with Crippen LogP contribution in [0.5, 0.6) is 0 Å². The van der Waals surface area contributed by atoms with Crippen LogP contribution in [0.15, 0.2) is 27.6 Å². The van der Waals surface area contributed by atoms with E-state index >= 15 is 0 Å². The Bertz CT molecular complexity index is 408. The summed E-state index contributed by atoms with van der Waals surface area (Å²) < 4.78 is 8.80. The highest BCUT2D eigenvalue weighted by atomic mass is 79.9. The van der Waals surface area contributed by atoms with Gasteiger partial charge in [0.15, 0.2) is 0 Å². The number of methoxy groups -OCH3 is 1. The summed E-state index contributed by atoms with van der Waals surface area (Å²) in [5.74, 6) is 0. The molecule has 0 N–H and O–H groups in total. The third-order valence-corrected chi connectivity index (χ3v) is 5.07. The van der Waals surface area contributed by atoms with Gasteiger partial charge in [0.05, 0.1) is 0 Å². The summed E-state index contributed by atoms with van der Waals surface area (Å²) in [4.78, 5) is 1.37. The van der Waals surface area contributed by atoms with Crippen LogP contribution in [0.3, 0.4) is 0 Å². The molecular formula is C13H18BrNOS. The molecule has 17 heavy (non-hydrogen) atoms. The van der Waals surface area contributed by atoms with Crippen LogP contribution in [-0.4, -0.2) is 23.6 Å². The van der Waals surface area contributed by atoms with Gasteiger partial charge in [0.25, 0.3) is 0 Å². The van der Waals surface area contributed by atoms with Gasteiger partial charge in [0.1, 0.15) is 0 Å². The van der Waals surface area contributed by atoms with Crippen molar-refractivity contribution in [1.82, 2.24) is 4.31 Å². The maximum Gasteiger partial charge on any atom is 0.0480 e. The van der Waals surface area contributed by atoms with Gasteiger partial charge in [-0.3, -0.25) is 0 Å². The van der Waals surface area contributed by atoms with Crippen molar-refractivity contribution in [2.24, 2.45) is 0 Å². The quantitative estimate of drug-likeness (QED) is 0.777. The van der Waals surface area contributed by atoms with Gasteiger partial charge in [0.2, 0.25) is 0 Å². The van der Waals surface area contributed by atoms with Crippen LogP contribution in [0.1, 0.15) is 25.8 Å². The molecule has 1 heterocycles. The van der Waals surface area contributed by atoms with E-state index in [4.69, 9.17) is 4.74 Å². The lowest BCUT2D eigenvalue weighted by atomic mass is 10.0. The highest BCUT2D eigenvalue weighted by Crippen LogP contribution is 2.42. The van der Waals surface area contributed by atoms with Gasteiger partial charge in [-0.25, -0.2) is 4.31 Å². The molecule has 1 aliphatic heterocycles. The van der Waals surface area contributed by atoms with Gasteiger partial charge >= 0.3 is 0 Å². The first-order valence-corrected chi connectivity index (χ1v) is 7.32. The average molecular weight is 316 g/mol. The number of fused-ring (bicyclic) bond motifs is 1. The van der Waals surface area contributed by atoms with E-state index in [0.29, 0.717) is 0 Å². The second-order valence-electron chi connectivity index (χ2n) is 4.94. The van der Waals surface area contributed by atoms with Gasteiger partial charge in [-0.2, -0.15) is 0 Å². The molecular weight excluding hydrogens is 298 g/mol. The lowest BCUT2D eigenvalue weighted by Crippen LogP contribution is -2.37. The molecule has 0 fully saturated rings. The molecule has 0 unspecified atom stereocenters. The first kappa shape index (κ1) is 13.4. The molecule has 0 radical (unpaired) electrons. The van der Waals surface area contributed by atoms with E-state index in [1.807, 2.05) is 11.9 Å². The van der Waals surface area contributed by atoms with Crippen LogP contribution >= 0.6 is 27.9 Å². The molecule has 0 aromatic heterocycles. The molecule has 0 amide bonds. The minimum absolute atomic E-state index is 0.159. The van der Waals surface area contributed by atoms with E-state index in [-0.39, 0.29) is 5.54 Å². The van der Waals surface area contributed by atoms with Crippen molar-refractivity contribution < 1.29 is 4.74 Å². The molecule has 4 heteroatoms. The van der Waals surface area contributed by atoms with Crippen molar-refractivity contribution in [2.45, 2.75) is 37.2 Å². The number of rotatable bonds is 4. The van der Waals surface area contributed by atoms with Gasteiger partial charge < -0.3 is 4.74 Å². The largest absolute Gasteiger partial charge is 0.385 e. The SMILES string of the molecule is COCCC(C)(C)N1Cc2cc(Br)ccc2S1. The molecule has 0 bridgehead atoms. The summed E-state index contributed by atoms with van der Waals surface area (Å²) in [6.07, 6.45) is 1.05. The fourth-order valence-electron chi connectivity index (χ4n) is 1.88. The predicted molar refractivity (Wildman–Crippen MR) is 76.1 cm³/mol. The molecule has 0 saturated carbocycles. The van der Waals surface area contributed by atoms with Crippen molar-refractivity contribution in [2.75, 3.05) is 13.7 Å². The molecule has 0 atom stereocenters. The van der Waals surface area contributed by atoms with E-state index in [1.165, 1.54) is 10.5 Å². The summed E-state index contributed by atoms with van der Waals surface area (Å²) in [7, 11) is 1.76. The third kappa shape index (κ3) is 3.05. The van der Waals surface area contributed by atoms with E-state index in [9.17, 15) is 0 Å². The van der Waals surface area contributed by atoms with E-state index in [1.54, 1.807) is 7.11 Å². The van der Waals surface area contributed by atoms with Crippen LogP contribution in [0.4, 0.5) is 0 Å². The zero-order chi connectivity index (χ0) is 12.5. The van der Waals surface area contributed by atoms with Crippen molar-refractivity contribution in [3.05, 3.63) is 28.2 Å². The summed E-state index contributed by atoms with van der Waals surface area (Å²) >= 11 is 5.39. The Kier molecular flexibility index (Phi) is 4.18. The fraction of sp³-hybridized carbons (Fsp3) is 0.538. The topological polar surface area (TPSA) is 12.5 Å². The summed E-state index contributed by atoms with van der Waals surface area (Å²) in [6.45, 7) is 6.38. The second-order valence-corrected chi connectivity index (χ2v) is 6.91. The molecule has 0 aliphatic carbocycles. The van der Waals surface area contributed by atoms with Crippen LogP contribution in [0.2, 0.25) is 0 Å². The lowest BCUT2D eigenvalue weighted by molar-refractivity contribution is 0.135. The molecule has 1 aliphatic rings. The predicted octanol–water partition coefficient (Wildman–Crippen LogP) is 4.09. The fourth-order valence-corrected chi connectivity index (χ4v) is 3.44. The van der Waals surface area contributed by atoms with E-state index in [2.05, 4.69) is 52.3 Å². The highest BCUT2D eigenvalue weighted by Gasteiger charge is 2.32. The van der Waals surface area contributed by atoms with E-state index < -0.39 is 0 Å². The Morgan fingerprint density at radius 3 is 2.94 bits per heavy atom. The molecule has 2 nitrogen and oxygen atoms in total. The Morgan fingerprint density at radius 2 is 2.24 bits per heavy atom. The number of hydrogen-bond donors (Lipinski definition) is 0. The van der Waals surface area contributed by atoms with E-state index in [0.717, 1.165) is 24.0 Å². The number of ether oxygens (including phenoxy) is 1. The van der Waals surface area contributed by atoms with Crippen LogP contribution in [-0.2, 0) is 11.3 Å². The first-order valence-electron chi connectivity index (χ1n) is 5.76. The summed E-state index contributed by atoms with van der Waals surface area (Å²) in [5.41, 5.74) is 1.57. The Hall–Kier alpha value is -0.0300. The maximum atomic E-state index is 5.19. The Labute approximate surface area is 116 Å². The highest BCUT2D eigenvalue weighted by molar-refractivity contribution is 9.10. The van der Waals surface area contributed by atoms with Crippen molar-refractivity contribution in [1.29, 1.82) is 0 Å². The zero-order valence-corrected chi connectivity index (χ0v) is 12.9. The van der Waals surface area contributed by atoms with Crippen LogP contribution in [0, 0.1) is 0 Å². The lowest BCUT2D eigenvalue weighted by Gasteiger charge is -2.33. The van der Waals surface area contributed by atoms with Crippen molar-refractivity contribution >= 4 is 27.9 Å². The minimum Gasteiger partial charge on any atom is -0.385 e. The third-order valence-electron chi connectivity index (χ3n) is 3.14. The maximum absolute atomic E-state index is 5.19. The van der Waals surface area contributed by atoms with Crippen LogP contribution in [0.25, 0.3) is 0 Å². The molecule has 2 rings (SSSR count). The summed E-state index contributed by atoms with van der Waals surface area (Å²) in [6, 6.07) is 6.52. The number of hydrogen-bond acceptors (Lipinski definition) is 3. The van der Waals surface area contributed by atoms with Gasteiger partial charge in [-0.1, -0.05) is 15.9 Å².